The van der Waals surface area contributed by atoms with E-state index < -0.39 is 0 Å². The maximum atomic E-state index is 11.3. The van der Waals surface area contributed by atoms with Gasteiger partial charge in [0.25, 0.3) is 0 Å². The molecule has 2 N–H and O–H groups in total. The number of hydrogen-bond donors (Lipinski definition) is 2. The fourth-order valence-electron chi connectivity index (χ4n) is 2.00. The second kappa shape index (κ2) is 9.34. The number of urea groups is 1. The Morgan fingerprint density at radius 2 is 1.91 bits per heavy atom. The summed E-state index contributed by atoms with van der Waals surface area (Å²) in [5.41, 5.74) is 0. The van der Waals surface area contributed by atoms with Crippen LogP contribution in [0, 0.1) is 11.8 Å². The molecular formula is C18H20N2O3. The van der Waals surface area contributed by atoms with Crippen LogP contribution in [0.25, 0.3) is 10.8 Å². The number of carbonyl (C=O) groups is 1. The number of amides is 2. The first kappa shape index (κ1) is 16.7. The zero-order valence-electron chi connectivity index (χ0n) is 13.1. The Labute approximate surface area is 136 Å². The molecular weight excluding hydrogens is 292 g/mol. The molecule has 0 aromatic heterocycles. The van der Waals surface area contributed by atoms with Crippen LogP contribution >= 0.6 is 0 Å². The first-order valence-corrected chi connectivity index (χ1v) is 7.38. The van der Waals surface area contributed by atoms with Crippen molar-refractivity contribution in [1.29, 1.82) is 0 Å². The predicted octanol–water partition coefficient (Wildman–Crippen LogP) is 2.17. The molecule has 0 aliphatic rings. The summed E-state index contributed by atoms with van der Waals surface area (Å²) in [4.78, 5) is 11.3. The quantitative estimate of drug-likeness (QED) is 0.635. The fourth-order valence-corrected chi connectivity index (χ4v) is 2.00. The molecule has 0 atom stereocenters. The van der Waals surface area contributed by atoms with Crippen molar-refractivity contribution in [3.05, 3.63) is 42.5 Å². The Balaban J connectivity index is 1.74. The number of benzene rings is 2. The van der Waals surface area contributed by atoms with Gasteiger partial charge < -0.3 is 20.1 Å². The maximum Gasteiger partial charge on any atom is 0.315 e. The fraction of sp³-hybridized carbons (Fsp3) is 0.278. The third-order valence-corrected chi connectivity index (χ3v) is 3.10. The Bertz CT molecular complexity index is 699. The number of rotatable bonds is 6. The van der Waals surface area contributed by atoms with E-state index in [2.05, 4.69) is 22.5 Å². The Morgan fingerprint density at radius 3 is 2.78 bits per heavy atom. The number of nitrogens with one attached hydrogen (secondary N) is 2. The minimum Gasteiger partial charge on any atom is -0.480 e. The lowest BCUT2D eigenvalue weighted by molar-refractivity contribution is 0.196. The highest BCUT2D eigenvalue weighted by Gasteiger charge is 1.99. The van der Waals surface area contributed by atoms with Crippen molar-refractivity contribution in [2.75, 3.05) is 33.4 Å². The highest BCUT2D eigenvalue weighted by molar-refractivity contribution is 5.88. The summed E-state index contributed by atoms with van der Waals surface area (Å²) in [5, 5.41) is 7.48. The minimum atomic E-state index is -0.258. The zero-order valence-corrected chi connectivity index (χ0v) is 13.1. The van der Waals surface area contributed by atoms with Crippen molar-refractivity contribution < 1.29 is 14.3 Å². The summed E-state index contributed by atoms with van der Waals surface area (Å²) in [6.45, 7) is 1.51. The molecule has 0 fully saturated rings. The average molecular weight is 312 g/mol. The highest BCUT2D eigenvalue weighted by atomic mass is 16.5. The predicted molar refractivity (Wildman–Crippen MR) is 90.5 cm³/mol. The van der Waals surface area contributed by atoms with Crippen molar-refractivity contribution >= 4 is 16.8 Å². The van der Waals surface area contributed by atoms with Crippen LogP contribution in [0.4, 0.5) is 4.79 Å². The molecule has 0 unspecified atom stereocenters. The standard InChI is InChI=1S/C18H20N2O3/c1-22-14-12-20-18(21)19-11-4-5-13-23-17-10-6-8-15-7-2-3-9-16(15)17/h2-3,6-10H,11-14H2,1H3,(H2,19,20,21). The molecule has 0 spiro atoms. The van der Waals surface area contributed by atoms with Crippen LogP contribution in [0.5, 0.6) is 5.75 Å². The lowest BCUT2D eigenvalue weighted by Crippen LogP contribution is -2.37. The van der Waals surface area contributed by atoms with Gasteiger partial charge in [0.05, 0.1) is 13.2 Å². The molecule has 2 aromatic rings. The molecule has 0 aliphatic carbocycles. The topological polar surface area (TPSA) is 59.6 Å². The monoisotopic (exact) mass is 312 g/mol. The van der Waals surface area contributed by atoms with Crippen molar-refractivity contribution in [3.63, 3.8) is 0 Å². The second-order valence-corrected chi connectivity index (χ2v) is 4.72. The van der Waals surface area contributed by atoms with Crippen molar-refractivity contribution in [2.45, 2.75) is 0 Å². The van der Waals surface area contributed by atoms with Crippen LogP contribution in [0.3, 0.4) is 0 Å². The van der Waals surface area contributed by atoms with E-state index in [1.165, 1.54) is 0 Å². The molecule has 0 saturated heterocycles. The smallest absolute Gasteiger partial charge is 0.315 e. The van der Waals surface area contributed by atoms with Gasteiger partial charge in [-0.05, 0) is 11.5 Å². The maximum absolute atomic E-state index is 11.3. The molecule has 2 aromatic carbocycles. The summed E-state index contributed by atoms with van der Waals surface area (Å²) in [6.07, 6.45) is 0. The summed E-state index contributed by atoms with van der Waals surface area (Å²) < 4.78 is 10.5. The van der Waals surface area contributed by atoms with Gasteiger partial charge in [-0.1, -0.05) is 48.2 Å². The summed E-state index contributed by atoms with van der Waals surface area (Å²) in [7, 11) is 1.58. The average Bonchev–Trinajstić information content (AvgIpc) is 2.58. The highest BCUT2D eigenvalue weighted by Crippen LogP contribution is 2.24. The number of fused-ring (bicyclic) bond motifs is 1. The molecule has 0 radical (unpaired) electrons. The van der Waals surface area contributed by atoms with Crippen LogP contribution in [0.15, 0.2) is 42.5 Å². The van der Waals surface area contributed by atoms with Gasteiger partial charge in [0.2, 0.25) is 0 Å². The lowest BCUT2D eigenvalue weighted by Gasteiger charge is -2.06. The molecule has 23 heavy (non-hydrogen) atoms. The number of carbonyl (C=O) groups excluding carboxylic acids is 1. The van der Waals surface area contributed by atoms with E-state index in [-0.39, 0.29) is 19.2 Å². The minimum absolute atomic E-state index is 0.258. The van der Waals surface area contributed by atoms with Gasteiger partial charge >= 0.3 is 6.03 Å². The Hall–Kier alpha value is -2.71. The van der Waals surface area contributed by atoms with E-state index in [1.54, 1.807) is 7.11 Å². The number of hydrogen-bond acceptors (Lipinski definition) is 3. The molecule has 5 nitrogen and oxygen atoms in total. The van der Waals surface area contributed by atoms with Crippen LogP contribution in [-0.2, 0) is 4.74 Å². The molecule has 5 heteroatoms. The van der Waals surface area contributed by atoms with E-state index in [4.69, 9.17) is 9.47 Å². The van der Waals surface area contributed by atoms with Crippen molar-refractivity contribution in [1.82, 2.24) is 10.6 Å². The third kappa shape index (κ3) is 5.53. The normalized spacial score (nSPS) is 9.78. The number of methoxy groups -OCH3 is 1. The van der Waals surface area contributed by atoms with E-state index in [0.717, 1.165) is 16.5 Å². The first-order valence-electron chi connectivity index (χ1n) is 7.38. The van der Waals surface area contributed by atoms with Gasteiger partial charge in [0, 0.05) is 19.0 Å². The second-order valence-electron chi connectivity index (χ2n) is 4.72. The van der Waals surface area contributed by atoms with Gasteiger partial charge in [0.1, 0.15) is 12.4 Å². The van der Waals surface area contributed by atoms with Gasteiger partial charge in [-0.3, -0.25) is 0 Å². The first-order chi connectivity index (χ1) is 11.3. The van der Waals surface area contributed by atoms with Gasteiger partial charge in [-0.25, -0.2) is 4.79 Å². The van der Waals surface area contributed by atoms with Crippen LogP contribution in [0.2, 0.25) is 0 Å². The molecule has 2 rings (SSSR count). The summed E-state index contributed by atoms with van der Waals surface area (Å²) >= 11 is 0. The SMILES string of the molecule is COCCNC(=O)NCC#CCOc1cccc2ccccc12. The molecule has 0 heterocycles. The molecule has 0 saturated carbocycles. The molecule has 2 amide bonds. The van der Waals surface area contributed by atoms with E-state index in [1.807, 2.05) is 42.5 Å². The van der Waals surface area contributed by atoms with Crippen LogP contribution in [0.1, 0.15) is 0 Å². The molecule has 120 valence electrons. The summed E-state index contributed by atoms with van der Waals surface area (Å²) in [6, 6.07) is 13.7. The largest absolute Gasteiger partial charge is 0.480 e. The number of ether oxygens (including phenoxy) is 2. The summed E-state index contributed by atoms with van der Waals surface area (Å²) in [5.74, 6) is 6.54. The Kier molecular flexibility index (Phi) is 6.76. The third-order valence-electron chi connectivity index (χ3n) is 3.10. The van der Waals surface area contributed by atoms with Gasteiger partial charge in [-0.2, -0.15) is 0 Å². The van der Waals surface area contributed by atoms with E-state index in [9.17, 15) is 4.79 Å². The van der Waals surface area contributed by atoms with Crippen molar-refractivity contribution in [2.24, 2.45) is 0 Å². The lowest BCUT2D eigenvalue weighted by atomic mass is 10.1. The van der Waals surface area contributed by atoms with Crippen molar-refractivity contribution in [3.8, 4) is 17.6 Å². The van der Waals surface area contributed by atoms with Crippen LogP contribution in [-0.4, -0.2) is 39.4 Å². The van der Waals surface area contributed by atoms with E-state index in [0.29, 0.717) is 13.2 Å². The van der Waals surface area contributed by atoms with Gasteiger partial charge in [0.15, 0.2) is 0 Å². The molecule has 0 aliphatic heterocycles. The molecule has 0 bridgehead atoms. The van der Waals surface area contributed by atoms with Crippen LogP contribution < -0.4 is 15.4 Å². The Morgan fingerprint density at radius 1 is 1.09 bits per heavy atom. The zero-order chi connectivity index (χ0) is 16.3. The van der Waals surface area contributed by atoms with Gasteiger partial charge in [-0.15, -0.1) is 0 Å². The van der Waals surface area contributed by atoms with E-state index >= 15 is 0 Å².